The average molecular weight is 334 g/mol. The van der Waals surface area contributed by atoms with E-state index in [9.17, 15) is 4.79 Å². The lowest BCUT2D eigenvalue weighted by atomic mass is 10.1. The largest absolute Gasteiger partial charge is 0.351 e. The molecule has 2 rings (SSSR count). The van der Waals surface area contributed by atoms with E-state index in [1.165, 1.54) is 5.56 Å². The molecule has 0 atom stereocenters. The molecule has 4 heteroatoms. The fourth-order valence-corrected chi connectivity index (χ4v) is 3.34. The molecule has 0 radical (unpaired) electrons. The first-order chi connectivity index (χ1) is 10.6. The molecule has 1 N–H and O–H groups in total. The number of halogens is 1. The van der Waals surface area contributed by atoms with Crippen LogP contribution in [-0.4, -0.2) is 18.2 Å². The van der Waals surface area contributed by atoms with Crippen LogP contribution >= 0.6 is 23.4 Å². The zero-order chi connectivity index (χ0) is 15.9. The smallest absolute Gasteiger partial charge is 0.251 e. The predicted octanol–water partition coefficient (Wildman–Crippen LogP) is 4.62. The van der Waals surface area contributed by atoms with E-state index in [1.54, 1.807) is 11.8 Å². The Morgan fingerprint density at radius 2 is 1.95 bits per heavy atom. The lowest BCUT2D eigenvalue weighted by Crippen LogP contribution is -2.26. The molecule has 116 valence electrons. The van der Waals surface area contributed by atoms with Crippen molar-refractivity contribution in [2.75, 3.05) is 12.3 Å². The van der Waals surface area contributed by atoms with E-state index >= 15 is 0 Å². The second kappa shape index (κ2) is 8.25. The lowest BCUT2D eigenvalue weighted by Gasteiger charge is -2.08. The standard InChI is InChI=1S/C18H20ClNOS/c1-13-7-8-16(14(2)11-13)18(21)20-9-10-22-12-15-5-3-4-6-17(15)19/h3-8,11H,9-10,12H2,1-2H3,(H,20,21). The van der Waals surface area contributed by atoms with Crippen LogP contribution in [0.1, 0.15) is 27.0 Å². The molecule has 2 nitrogen and oxygen atoms in total. The van der Waals surface area contributed by atoms with E-state index in [0.29, 0.717) is 6.54 Å². The third kappa shape index (κ3) is 4.79. The fraction of sp³-hybridized carbons (Fsp3) is 0.278. The Bertz CT molecular complexity index is 657. The van der Waals surface area contributed by atoms with Gasteiger partial charge in [0.1, 0.15) is 0 Å². The van der Waals surface area contributed by atoms with Crippen LogP contribution in [-0.2, 0) is 5.75 Å². The number of hydrogen-bond donors (Lipinski definition) is 1. The lowest BCUT2D eigenvalue weighted by molar-refractivity contribution is 0.0955. The maximum absolute atomic E-state index is 12.1. The number of hydrogen-bond acceptors (Lipinski definition) is 2. The molecule has 0 aliphatic carbocycles. The highest BCUT2D eigenvalue weighted by Gasteiger charge is 2.08. The molecule has 0 saturated carbocycles. The highest BCUT2D eigenvalue weighted by molar-refractivity contribution is 7.98. The number of benzene rings is 2. The maximum atomic E-state index is 12.1. The molecule has 0 bridgehead atoms. The summed E-state index contributed by atoms with van der Waals surface area (Å²) in [6.07, 6.45) is 0. The van der Waals surface area contributed by atoms with Crippen molar-refractivity contribution in [1.29, 1.82) is 0 Å². The monoisotopic (exact) mass is 333 g/mol. The van der Waals surface area contributed by atoms with Gasteiger partial charge in [-0.2, -0.15) is 11.8 Å². The molecule has 0 spiro atoms. The third-order valence-corrected chi connectivity index (χ3v) is 4.75. The minimum Gasteiger partial charge on any atom is -0.351 e. The van der Waals surface area contributed by atoms with Gasteiger partial charge >= 0.3 is 0 Å². The SMILES string of the molecule is Cc1ccc(C(=O)NCCSCc2ccccc2Cl)c(C)c1. The topological polar surface area (TPSA) is 29.1 Å². The molecule has 1 amide bonds. The van der Waals surface area contributed by atoms with Crippen molar-refractivity contribution in [1.82, 2.24) is 5.32 Å². The van der Waals surface area contributed by atoms with Crippen LogP contribution in [0.3, 0.4) is 0 Å². The summed E-state index contributed by atoms with van der Waals surface area (Å²) in [6, 6.07) is 13.7. The predicted molar refractivity (Wildman–Crippen MR) is 95.9 cm³/mol. The van der Waals surface area contributed by atoms with E-state index in [1.807, 2.05) is 56.3 Å². The first kappa shape index (κ1) is 16.9. The molecule has 0 aliphatic rings. The molecule has 0 saturated heterocycles. The fourth-order valence-electron chi connectivity index (χ4n) is 2.20. The van der Waals surface area contributed by atoms with Gasteiger partial charge in [0.15, 0.2) is 0 Å². The number of carbonyl (C=O) groups is 1. The Morgan fingerprint density at radius 1 is 1.18 bits per heavy atom. The quantitative estimate of drug-likeness (QED) is 0.781. The van der Waals surface area contributed by atoms with Crippen LogP contribution in [0, 0.1) is 13.8 Å². The van der Waals surface area contributed by atoms with E-state index in [2.05, 4.69) is 5.32 Å². The van der Waals surface area contributed by atoms with Gasteiger partial charge < -0.3 is 5.32 Å². The van der Waals surface area contributed by atoms with Crippen LogP contribution in [0.2, 0.25) is 5.02 Å². The van der Waals surface area contributed by atoms with Crippen LogP contribution in [0.15, 0.2) is 42.5 Å². The number of thioether (sulfide) groups is 1. The Labute approximate surface area is 141 Å². The molecule has 22 heavy (non-hydrogen) atoms. The maximum Gasteiger partial charge on any atom is 0.251 e. The summed E-state index contributed by atoms with van der Waals surface area (Å²) < 4.78 is 0. The first-order valence-corrected chi connectivity index (χ1v) is 8.78. The minimum atomic E-state index is -0.00385. The minimum absolute atomic E-state index is 0.00385. The van der Waals surface area contributed by atoms with E-state index in [-0.39, 0.29) is 5.91 Å². The number of rotatable bonds is 6. The van der Waals surface area contributed by atoms with Gasteiger partial charge in [-0.15, -0.1) is 0 Å². The van der Waals surface area contributed by atoms with Gasteiger partial charge in [-0.05, 0) is 37.1 Å². The second-order valence-corrected chi connectivity index (χ2v) is 6.73. The van der Waals surface area contributed by atoms with Gasteiger partial charge in [0.2, 0.25) is 0 Å². The second-order valence-electron chi connectivity index (χ2n) is 5.22. The summed E-state index contributed by atoms with van der Waals surface area (Å²) in [5.41, 5.74) is 4.07. The van der Waals surface area contributed by atoms with Crippen molar-refractivity contribution in [2.45, 2.75) is 19.6 Å². The molecule has 0 aliphatic heterocycles. The van der Waals surface area contributed by atoms with Crippen LogP contribution in [0.4, 0.5) is 0 Å². The molecule has 0 fully saturated rings. The third-order valence-electron chi connectivity index (χ3n) is 3.37. The summed E-state index contributed by atoms with van der Waals surface area (Å²) in [5.74, 6) is 1.72. The van der Waals surface area contributed by atoms with Crippen LogP contribution < -0.4 is 5.32 Å². The van der Waals surface area contributed by atoms with Gasteiger partial charge in [0, 0.05) is 28.6 Å². The van der Waals surface area contributed by atoms with Crippen molar-refractivity contribution >= 4 is 29.3 Å². The molecular weight excluding hydrogens is 314 g/mol. The molecule has 0 aromatic heterocycles. The van der Waals surface area contributed by atoms with Crippen molar-refractivity contribution in [3.05, 3.63) is 69.7 Å². The van der Waals surface area contributed by atoms with E-state index < -0.39 is 0 Å². The number of nitrogens with one attached hydrogen (secondary N) is 1. The van der Waals surface area contributed by atoms with Crippen LogP contribution in [0.5, 0.6) is 0 Å². The summed E-state index contributed by atoms with van der Waals surface area (Å²) in [6.45, 7) is 4.65. The Kier molecular flexibility index (Phi) is 6.34. The number of amides is 1. The van der Waals surface area contributed by atoms with Gasteiger partial charge in [0.05, 0.1) is 0 Å². The zero-order valence-corrected chi connectivity index (χ0v) is 14.4. The van der Waals surface area contributed by atoms with Gasteiger partial charge in [0.25, 0.3) is 5.91 Å². The van der Waals surface area contributed by atoms with Crippen molar-refractivity contribution in [3.63, 3.8) is 0 Å². The zero-order valence-electron chi connectivity index (χ0n) is 12.9. The summed E-state index contributed by atoms with van der Waals surface area (Å²) in [4.78, 5) is 12.1. The average Bonchev–Trinajstić information content (AvgIpc) is 2.48. The Morgan fingerprint density at radius 3 is 2.68 bits per heavy atom. The van der Waals surface area contributed by atoms with Gasteiger partial charge in [-0.1, -0.05) is 47.5 Å². The molecule has 0 unspecified atom stereocenters. The summed E-state index contributed by atoms with van der Waals surface area (Å²) >= 11 is 7.88. The first-order valence-electron chi connectivity index (χ1n) is 7.24. The molecule has 0 heterocycles. The summed E-state index contributed by atoms with van der Waals surface area (Å²) in [5, 5.41) is 3.77. The van der Waals surface area contributed by atoms with Gasteiger partial charge in [-0.25, -0.2) is 0 Å². The van der Waals surface area contributed by atoms with Gasteiger partial charge in [-0.3, -0.25) is 4.79 Å². The Balaban J connectivity index is 1.75. The Hall–Kier alpha value is -1.45. The van der Waals surface area contributed by atoms with E-state index in [4.69, 9.17) is 11.6 Å². The molecular formula is C18H20ClNOS. The highest BCUT2D eigenvalue weighted by atomic mass is 35.5. The van der Waals surface area contributed by atoms with Crippen molar-refractivity contribution < 1.29 is 4.79 Å². The number of carbonyl (C=O) groups excluding carboxylic acids is 1. The van der Waals surface area contributed by atoms with E-state index in [0.717, 1.165) is 33.2 Å². The van der Waals surface area contributed by atoms with Crippen molar-refractivity contribution in [2.24, 2.45) is 0 Å². The number of aryl methyl sites for hydroxylation is 2. The molecule has 2 aromatic carbocycles. The molecule has 2 aromatic rings. The van der Waals surface area contributed by atoms with Crippen LogP contribution in [0.25, 0.3) is 0 Å². The highest BCUT2D eigenvalue weighted by Crippen LogP contribution is 2.20. The normalized spacial score (nSPS) is 10.5. The van der Waals surface area contributed by atoms with Crippen molar-refractivity contribution in [3.8, 4) is 0 Å². The summed E-state index contributed by atoms with van der Waals surface area (Å²) in [7, 11) is 0.